The SMILES string of the molecule is COc1cc(=O)n(-c2ccccc2C)nc1C(=O)N[C@@H]1CCCC[C@H]1C. The zero-order valence-corrected chi connectivity index (χ0v) is 15.5. The fourth-order valence-corrected chi connectivity index (χ4v) is 3.49. The lowest BCUT2D eigenvalue weighted by Gasteiger charge is -2.29. The molecule has 1 amide bonds. The average molecular weight is 355 g/mol. The molecule has 1 fully saturated rings. The number of benzene rings is 1. The summed E-state index contributed by atoms with van der Waals surface area (Å²) in [6.45, 7) is 4.06. The van der Waals surface area contributed by atoms with Crippen molar-refractivity contribution >= 4 is 5.91 Å². The van der Waals surface area contributed by atoms with Crippen LogP contribution >= 0.6 is 0 Å². The molecule has 1 aromatic carbocycles. The van der Waals surface area contributed by atoms with Crippen LogP contribution in [0.1, 0.15) is 48.7 Å². The van der Waals surface area contributed by atoms with Gasteiger partial charge < -0.3 is 10.1 Å². The van der Waals surface area contributed by atoms with Crippen LogP contribution in [0.25, 0.3) is 5.69 Å². The molecule has 0 aliphatic heterocycles. The lowest BCUT2D eigenvalue weighted by Crippen LogP contribution is -2.42. The summed E-state index contributed by atoms with van der Waals surface area (Å²) in [4.78, 5) is 25.3. The Morgan fingerprint density at radius 3 is 2.69 bits per heavy atom. The quantitative estimate of drug-likeness (QED) is 0.915. The maximum atomic E-state index is 12.8. The Hall–Kier alpha value is -2.63. The molecular weight excluding hydrogens is 330 g/mol. The van der Waals surface area contributed by atoms with Crippen LogP contribution in [0.15, 0.2) is 35.1 Å². The Balaban J connectivity index is 1.98. The first kappa shape index (κ1) is 18.2. The van der Waals surface area contributed by atoms with E-state index in [2.05, 4.69) is 17.3 Å². The van der Waals surface area contributed by atoms with Crippen LogP contribution < -0.4 is 15.6 Å². The number of nitrogens with one attached hydrogen (secondary N) is 1. The molecule has 1 aliphatic carbocycles. The minimum Gasteiger partial charge on any atom is -0.494 e. The smallest absolute Gasteiger partial charge is 0.275 e. The van der Waals surface area contributed by atoms with Gasteiger partial charge in [-0.1, -0.05) is 38.0 Å². The van der Waals surface area contributed by atoms with E-state index >= 15 is 0 Å². The van der Waals surface area contributed by atoms with Crippen molar-refractivity contribution in [2.24, 2.45) is 5.92 Å². The monoisotopic (exact) mass is 355 g/mol. The van der Waals surface area contributed by atoms with E-state index in [1.165, 1.54) is 24.3 Å². The van der Waals surface area contributed by atoms with Crippen molar-refractivity contribution in [3.8, 4) is 11.4 Å². The van der Waals surface area contributed by atoms with Crippen LogP contribution in [-0.4, -0.2) is 28.8 Å². The molecule has 6 heteroatoms. The van der Waals surface area contributed by atoms with Crippen LogP contribution in [0.4, 0.5) is 0 Å². The molecule has 1 heterocycles. The van der Waals surface area contributed by atoms with Gasteiger partial charge in [0.25, 0.3) is 11.5 Å². The summed E-state index contributed by atoms with van der Waals surface area (Å²) >= 11 is 0. The Morgan fingerprint density at radius 1 is 1.27 bits per heavy atom. The summed E-state index contributed by atoms with van der Waals surface area (Å²) in [5, 5.41) is 7.41. The lowest BCUT2D eigenvalue weighted by atomic mass is 9.86. The van der Waals surface area contributed by atoms with Gasteiger partial charge in [-0.05, 0) is 37.3 Å². The molecule has 3 rings (SSSR count). The Kier molecular flexibility index (Phi) is 5.40. The average Bonchev–Trinajstić information content (AvgIpc) is 2.64. The number of carbonyl (C=O) groups excluding carboxylic acids is 1. The molecule has 2 aromatic rings. The van der Waals surface area contributed by atoms with E-state index in [1.54, 1.807) is 6.07 Å². The summed E-state index contributed by atoms with van der Waals surface area (Å²) in [6, 6.07) is 8.88. The fourth-order valence-electron chi connectivity index (χ4n) is 3.49. The second-order valence-corrected chi connectivity index (χ2v) is 6.94. The van der Waals surface area contributed by atoms with Gasteiger partial charge in [0, 0.05) is 6.04 Å². The van der Waals surface area contributed by atoms with E-state index in [9.17, 15) is 9.59 Å². The van der Waals surface area contributed by atoms with Gasteiger partial charge >= 0.3 is 0 Å². The molecule has 6 nitrogen and oxygen atoms in total. The highest BCUT2D eigenvalue weighted by Gasteiger charge is 2.26. The number of para-hydroxylation sites is 1. The van der Waals surface area contributed by atoms with E-state index < -0.39 is 0 Å². The van der Waals surface area contributed by atoms with Crippen LogP contribution in [0, 0.1) is 12.8 Å². The number of rotatable bonds is 4. The Morgan fingerprint density at radius 2 is 2.00 bits per heavy atom. The van der Waals surface area contributed by atoms with E-state index in [-0.39, 0.29) is 29.0 Å². The van der Waals surface area contributed by atoms with Gasteiger partial charge in [-0.2, -0.15) is 9.78 Å². The van der Waals surface area contributed by atoms with E-state index in [1.807, 2.05) is 25.1 Å². The molecule has 1 aromatic heterocycles. The van der Waals surface area contributed by atoms with Gasteiger partial charge in [0.1, 0.15) is 0 Å². The molecule has 1 saturated carbocycles. The van der Waals surface area contributed by atoms with Crippen LogP contribution in [0.5, 0.6) is 5.75 Å². The molecule has 2 atom stereocenters. The highest BCUT2D eigenvalue weighted by atomic mass is 16.5. The molecule has 1 aliphatic rings. The molecule has 0 radical (unpaired) electrons. The lowest BCUT2D eigenvalue weighted by molar-refractivity contribution is 0.0899. The van der Waals surface area contributed by atoms with Crippen molar-refractivity contribution in [2.45, 2.75) is 45.6 Å². The number of aryl methyl sites for hydroxylation is 1. The third-order valence-corrected chi connectivity index (χ3v) is 5.10. The summed E-state index contributed by atoms with van der Waals surface area (Å²) in [5.74, 6) is 0.324. The van der Waals surface area contributed by atoms with Crippen molar-refractivity contribution < 1.29 is 9.53 Å². The number of hydrogen-bond donors (Lipinski definition) is 1. The molecule has 138 valence electrons. The maximum absolute atomic E-state index is 12.8. The number of carbonyl (C=O) groups is 1. The highest BCUT2D eigenvalue weighted by Crippen LogP contribution is 2.24. The van der Waals surface area contributed by atoms with Crippen molar-refractivity contribution in [1.82, 2.24) is 15.1 Å². The molecular formula is C20H25N3O3. The predicted molar refractivity (Wildman–Crippen MR) is 100 cm³/mol. The van der Waals surface area contributed by atoms with Gasteiger partial charge in [0.15, 0.2) is 11.4 Å². The number of hydrogen-bond acceptors (Lipinski definition) is 4. The van der Waals surface area contributed by atoms with Gasteiger partial charge in [-0.25, -0.2) is 0 Å². The Bertz CT molecular complexity index is 860. The highest BCUT2D eigenvalue weighted by molar-refractivity contribution is 5.95. The van der Waals surface area contributed by atoms with Crippen molar-refractivity contribution in [3.63, 3.8) is 0 Å². The molecule has 1 N–H and O–H groups in total. The van der Waals surface area contributed by atoms with Gasteiger partial charge in [-0.15, -0.1) is 0 Å². The summed E-state index contributed by atoms with van der Waals surface area (Å²) in [7, 11) is 1.44. The maximum Gasteiger partial charge on any atom is 0.275 e. The second kappa shape index (κ2) is 7.72. The van der Waals surface area contributed by atoms with Crippen molar-refractivity contribution in [1.29, 1.82) is 0 Å². The topological polar surface area (TPSA) is 73.2 Å². The zero-order chi connectivity index (χ0) is 18.7. The standard InChI is InChI=1S/C20H25N3O3/c1-13-8-4-6-10-15(13)21-20(25)19-17(26-3)12-18(24)23(22-19)16-11-7-5-9-14(16)2/h5,7,9,11-13,15H,4,6,8,10H2,1-3H3,(H,21,25)/t13-,15-/m1/s1. The first-order valence-corrected chi connectivity index (χ1v) is 9.06. The number of amides is 1. The predicted octanol–water partition coefficient (Wildman–Crippen LogP) is 2.86. The van der Waals surface area contributed by atoms with E-state index in [0.717, 1.165) is 24.8 Å². The molecule has 0 saturated heterocycles. The van der Waals surface area contributed by atoms with E-state index in [0.29, 0.717) is 11.6 Å². The fraction of sp³-hybridized carbons (Fsp3) is 0.450. The first-order valence-electron chi connectivity index (χ1n) is 9.06. The van der Waals surface area contributed by atoms with Gasteiger partial charge in [-0.3, -0.25) is 9.59 Å². The normalized spacial score (nSPS) is 19.8. The zero-order valence-electron chi connectivity index (χ0n) is 15.5. The summed E-state index contributed by atoms with van der Waals surface area (Å²) in [5.41, 5.74) is 1.35. The first-order chi connectivity index (χ1) is 12.5. The number of aromatic nitrogens is 2. The van der Waals surface area contributed by atoms with Crippen LogP contribution in [0.2, 0.25) is 0 Å². The minimum atomic E-state index is -0.335. The largest absolute Gasteiger partial charge is 0.494 e. The molecule has 0 spiro atoms. The molecule has 0 bridgehead atoms. The van der Waals surface area contributed by atoms with Crippen LogP contribution in [0.3, 0.4) is 0 Å². The number of methoxy groups -OCH3 is 1. The summed E-state index contributed by atoms with van der Waals surface area (Å²) in [6.07, 6.45) is 4.39. The van der Waals surface area contributed by atoms with Crippen molar-refractivity contribution in [2.75, 3.05) is 7.11 Å². The third-order valence-electron chi connectivity index (χ3n) is 5.10. The molecule has 26 heavy (non-hydrogen) atoms. The van der Waals surface area contributed by atoms with E-state index in [4.69, 9.17) is 4.74 Å². The number of ether oxygens (including phenoxy) is 1. The third kappa shape index (κ3) is 3.64. The minimum absolute atomic E-state index is 0.126. The second-order valence-electron chi connectivity index (χ2n) is 6.94. The molecule has 0 unspecified atom stereocenters. The van der Waals surface area contributed by atoms with Gasteiger partial charge in [0.2, 0.25) is 0 Å². The summed E-state index contributed by atoms with van der Waals surface area (Å²) < 4.78 is 6.51. The number of nitrogens with zero attached hydrogens (tertiary/aromatic N) is 2. The van der Waals surface area contributed by atoms with Gasteiger partial charge in [0.05, 0.1) is 18.9 Å². The van der Waals surface area contributed by atoms with Crippen LogP contribution in [-0.2, 0) is 0 Å². The van der Waals surface area contributed by atoms with Crippen molar-refractivity contribution in [3.05, 3.63) is 51.9 Å². The Labute approximate surface area is 153 Å².